The minimum atomic E-state index is -0.426. The number of ketones is 1. The van der Waals surface area contributed by atoms with Crippen LogP contribution < -0.4 is 5.32 Å². The quantitative estimate of drug-likeness (QED) is 0.840. The van der Waals surface area contributed by atoms with Crippen molar-refractivity contribution < 1.29 is 9.59 Å². The second-order valence-corrected chi connectivity index (χ2v) is 7.55. The fraction of sp³-hybridized carbons (Fsp3) is 0.867. The Labute approximate surface area is 111 Å². The zero-order valence-corrected chi connectivity index (χ0v) is 12.6. The summed E-state index contributed by atoms with van der Waals surface area (Å²) in [5, 5.41) is 2.98. The van der Waals surface area contributed by atoms with E-state index in [1.807, 2.05) is 41.5 Å². The van der Waals surface area contributed by atoms with E-state index in [9.17, 15) is 9.59 Å². The van der Waals surface area contributed by atoms with Crippen molar-refractivity contribution in [2.75, 3.05) is 0 Å². The summed E-state index contributed by atoms with van der Waals surface area (Å²) in [5.74, 6) is 0.295. The number of hydrogen-bond donors (Lipinski definition) is 1. The molecule has 104 valence electrons. The molecule has 1 aliphatic rings. The van der Waals surface area contributed by atoms with Gasteiger partial charge in [0.2, 0.25) is 5.91 Å². The lowest BCUT2D eigenvalue weighted by atomic mass is 9.75. The van der Waals surface area contributed by atoms with Gasteiger partial charge in [0.25, 0.3) is 0 Å². The molecule has 0 spiro atoms. The summed E-state index contributed by atoms with van der Waals surface area (Å²) >= 11 is 0. The van der Waals surface area contributed by atoms with Crippen LogP contribution in [0, 0.1) is 16.7 Å². The van der Waals surface area contributed by atoms with Gasteiger partial charge in [0.05, 0.1) is 6.04 Å². The predicted octanol–water partition coefficient (Wildman–Crippen LogP) is 2.93. The van der Waals surface area contributed by atoms with Crippen molar-refractivity contribution in [3.63, 3.8) is 0 Å². The fourth-order valence-electron chi connectivity index (χ4n) is 2.04. The van der Waals surface area contributed by atoms with Crippen molar-refractivity contribution in [3.8, 4) is 0 Å². The Morgan fingerprint density at radius 2 is 1.56 bits per heavy atom. The van der Waals surface area contributed by atoms with Crippen molar-refractivity contribution >= 4 is 11.7 Å². The first-order chi connectivity index (χ1) is 8.03. The van der Waals surface area contributed by atoms with Crippen LogP contribution in [0.15, 0.2) is 0 Å². The Bertz CT molecular complexity index is 329. The summed E-state index contributed by atoms with van der Waals surface area (Å²) < 4.78 is 0. The second kappa shape index (κ2) is 5.02. The van der Waals surface area contributed by atoms with Gasteiger partial charge in [-0.05, 0) is 18.3 Å². The molecule has 18 heavy (non-hydrogen) atoms. The van der Waals surface area contributed by atoms with Crippen molar-refractivity contribution in [2.45, 2.75) is 66.8 Å². The standard InChI is InChI=1S/C15H27NO2/c1-14(2,3)11(12(17)15(4,5)6)16-13(18)10-8-7-9-10/h10-11H,7-9H2,1-6H3,(H,16,18)/t11-/m1/s1. The summed E-state index contributed by atoms with van der Waals surface area (Å²) in [7, 11) is 0. The molecule has 1 aliphatic carbocycles. The highest BCUT2D eigenvalue weighted by Gasteiger charge is 2.39. The number of amides is 1. The van der Waals surface area contributed by atoms with E-state index < -0.39 is 11.5 Å². The van der Waals surface area contributed by atoms with E-state index >= 15 is 0 Å². The summed E-state index contributed by atoms with van der Waals surface area (Å²) in [6, 6.07) is -0.398. The molecule has 1 amide bonds. The van der Waals surface area contributed by atoms with Crippen LogP contribution in [0.25, 0.3) is 0 Å². The Balaban J connectivity index is 2.79. The molecule has 3 nitrogen and oxygen atoms in total. The molecule has 0 unspecified atom stereocenters. The zero-order chi connectivity index (χ0) is 14.1. The van der Waals surface area contributed by atoms with Gasteiger partial charge in [-0.2, -0.15) is 0 Å². The number of carbonyl (C=O) groups excluding carboxylic acids is 2. The third-order valence-corrected chi connectivity index (χ3v) is 3.63. The van der Waals surface area contributed by atoms with Crippen LogP contribution in [0.2, 0.25) is 0 Å². The maximum absolute atomic E-state index is 12.5. The van der Waals surface area contributed by atoms with E-state index in [-0.39, 0.29) is 23.0 Å². The molecule has 0 saturated heterocycles. The van der Waals surface area contributed by atoms with Gasteiger partial charge in [0.15, 0.2) is 5.78 Å². The van der Waals surface area contributed by atoms with Crippen molar-refractivity contribution in [3.05, 3.63) is 0 Å². The van der Waals surface area contributed by atoms with Crippen LogP contribution in [0.4, 0.5) is 0 Å². The van der Waals surface area contributed by atoms with E-state index in [4.69, 9.17) is 0 Å². The van der Waals surface area contributed by atoms with Gasteiger partial charge in [0, 0.05) is 11.3 Å². The number of Topliss-reactive ketones (excluding diaryl/α,β-unsaturated/α-hetero) is 1. The van der Waals surface area contributed by atoms with Gasteiger partial charge in [-0.15, -0.1) is 0 Å². The van der Waals surface area contributed by atoms with Crippen LogP contribution in [-0.4, -0.2) is 17.7 Å². The van der Waals surface area contributed by atoms with Crippen molar-refractivity contribution in [1.29, 1.82) is 0 Å². The minimum Gasteiger partial charge on any atom is -0.345 e. The van der Waals surface area contributed by atoms with E-state index in [0.717, 1.165) is 19.3 Å². The van der Waals surface area contributed by atoms with Gasteiger partial charge in [-0.25, -0.2) is 0 Å². The molecule has 0 aromatic rings. The van der Waals surface area contributed by atoms with E-state index in [2.05, 4.69) is 5.32 Å². The van der Waals surface area contributed by atoms with Crippen molar-refractivity contribution in [2.24, 2.45) is 16.7 Å². The number of carbonyl (C=O) groups is 2. The van der Waals surface area contributed by atoms with Gasteiger partial charge in [-0.3, -0.25) is 9.59 Å². The molecule has 0 aromatic carbocycles. The van der Waals surface area contributed by atoms with Gasteiger partial charge in [0.1, 0.15) is 0 Å². The minimum absolute atomic E-state index is 0.0544. The van der Waals surface area contributed by atoms with Crippen LogP contribution >= 0.6 is 0 Å². The SMILES string of the molecule is CC(C)(C)C(=O)[C@@H](NC(=O)C1CCC1)C(C)(C)C. The molecule has 0 radical (unpaired) electrons. The Morgan fingerprint density at radius 3 is 1.83 bits per heavy atom. The first-order valence-corrected chi connectivity index (χ1v) is 6.88. The largest absolute Gasteiger partial charge is 0.345 e. The van der Waals surface area contributed by atoms with Gasteiger partial charge in [-0.1, -0.05) is 48.0 Å². The Hall–Kier alpha value is -0.860. The molecule has 0 aromatic heterocycles. The maximum atomic E-state index is 12.5. The molecule has 1 atom stereocenters. The third-order valence-electron chi connectivity index (χ3n) is 3.63. The lowest BCUT2D eigenvalue weighted by Crippen LogP contribution is -2.54. The highest BCUT2D eigenvalue weighted by molar-refractivity contribution is 5.93. The van der Waals surface area contributed by atoms with Gasteiger partial charge >= 0.3 is 0 Å². The van der Waals surface area contributed by atoms with E-state index in [1.54, 1.807) is 0 Å². The summed E-state index contributed by atoms with van der Waals surface area (Å²) in [5.41, 5.74) is -0.672. The molecule has 1 fully saturated rings. The number of hydrogen-bond acceptors (Lipinski definition) is 2. The molecule has 1 N–H and O–H groups in total. The zero-order valence-electron chi connectivity index (χ0n) is 12.6. The number of rotatable bonds is 3. The van der Waals surface area contributed by atoms with Crippen LogP contribution in [0.3, 0.4) is 0 Å². The fourth-order valence-corrected chi connectivity index (χ4v) is 2.04. The summed E-state index contributed by atoms with van der Waals surface area (Å²) in [4.78, 5) is 24.5. The van der Waals surface area contributed by atoms with Crippen molar-refractivity contribution in [1.82, 2.24) is 5.32 Å². The molecular formula is C15H27NO2. The smallest absolute Gasteiger partial charge is 0.223 e. The molecule has 0 aliphatic heterocycles. The van der Waals surface area contributed by atoms with Crippen LogP contribution in [-0.2, 0) is 9.59 Å². The lowest BCUT2D eigenvalue weighted by molar-refractivity contribution is -0.137. The molecule has 3 heteroatoms. The average Bonchev–Trinajstić information content (AvgIpc) is 2.06. The normalized spacial score (nSPS) is 19.0. The Morgan fingerprint density at radius 1 is 1.06 bits per heavy atom. The monoisotopic (exact) mass is 253 g/mol. The summed E-state index contributed by atoms with van der Waals surface area (Å²) in [6.45, 7) is 11.7. The molecule has 0 heterocycles. The van der Waals surface area contributed by atoms with Gasteiger partial charge < -0.3 is 5.32 Å². The second-order valence-electron chi connectivity index (χ2n) is 7.55. The van der Waals surface area contributed by atoms with E-state index in [1.165, 1.54) is 0 Å². The number of nitrogens with one attached hydrogen (secondary N) is 1. The average molecular weight is 253 g/mol. The summed E-state index contributed by atoms with van der Waals surface area (Å²) in [6.07, 6.45) is 3.06. The molecular weight excluding hydrogens is 226 g/mol. The maximum Gasteiger partial charge on any atom is 0.223 e. The third kappa shape index (κ3) is 3.56. The first-order valence-electron chi connectivity index (χ1n) is 6.88. The molecule has 1 saturated carbocycles. The van der Waals surface area contributed by atoms with Crippen LogP contribution in [0.5, 0.6) is 0 Å². The first kappa shape index (κ1) is 15.2. The molecule has 1 rings (SSSR count). The van der Waals surface area contributed by atoms with Crippen LogP contribution in [0.1, 0.15) is 60.8 Å². The topological polar surface area (TPSA) is 46.2 Å². The lowest BCUT2D eigenvalue weighted by Gasteiger charge is -2.36. The predicted molar refractivity (Wildman–Crippen MR) is 73.2 cm³/mol. The highest BCUT2D eigenvalue weighted by atomic mass is 16.2. The van der Waals surface area contributed by atoms with E-state index in [0.29, 0.717) is 0 Å². The highest BCUT2D eigenvalue weighted by Crippen LogP contribution is 2.30. The molecule has 0 bridgehead atoms. The Kier molecular flexibility index (Phi) is 4.24.